The molecule has 0 unspecified atom stereocenters. The summed E-state index contributed by atoms with van der Waals surface area (Å²) < 4.78 is 14.3. The molecule has 0 spiro atoms. The number of anilines is 1. The number of carbonyl (C=O) groups is 1. The predicted octanol–water partition coefficient (Wildman–Crippen LogP) is 3.73. The average molecular weight is 323 g/mol. The van der Waals surface area contributed by atoms with Gasteiger partial charge in [0.15, 0.2) is 5.82 Å². The third-order valence-electron chi connectivity index (χ3n) is 2.79. The third kappa shape index (κ3) is 3.38. The SMILES string of the molecule is C[C@H](C(=O)Nc1ccncc1F)c1ccc(Br)cc1. The summed E-state index contributed by atoms with van der Waals surface area (Å²) in [6.45, 7) is 1.78. The lowest BCUT2D eigenvalue weighted by Gasteiger charge is -2.13. The minimum atomic E-state index is -0.543. The molecule has 1 aromatic carbocycles. The highest BCUT2D eigenvalue weighted by atomic mass is 79.9. The molecular weight excluding hydrogens is 311 g/mol. The Labute approximate surface area is 119 Å². The van der Waals surface area contributed by atoms with Crippen LogP contribution in [-0.2, 0) is 4.79 Å². The van der Waals surface area contributed by atoms with E-state index in [9.17, 15) is 9.18 Å². The van der Waals surface area contributed by atoms with Crippen LogP contribution in [0.15, 0.2) is 47.2 Å². The van der Waals surface area contributed by atoms with Crippen LogP contribution in [0.5, 0.6) is 0 Å². The topological polar surface area (TPSA) is 42.0 Å². The van der Waals surface area contributed by atoms with Gasteiger partial charge >= 0.3 is 0 Å². The van der Waals surface area contributed by atoms with Gasteiger partial charge in [-0.05, 0) is 30.7 Å². The van der Waals surface area contributed by atoms with Crippen molar-refractivity contribution in [1.29, 1.82) is 0 Å². The van der Waals surface area contributed by atoms with E-state index in [2.05, 4.69) is 26.2 Å². The summed E-state index contributed by atoms with van der Waals surface area (Å²) in [6.07, 6.45) is 2.50. The Kier molecular flexibility index (Phi) is 4.27. The second kappa shape index (κ2) is 5.93. The molecule has 3 nitrogen and oxygen atoms in total. The smallest absolute Gasteiger partial charge is 0.231 e. The highest BCUT2D eigenvalue weighted by molar-refractivity contribution is 9.10. The Hall–Kier alpha value is -1.75. The summed E-state index contributed by atoms with van der Waals surface area (Å²) in [5.41, 5.74) is 1.01. The minimum Gasteiger partial charge on any atom is -0.323 e. The van der Waals surface area contributed by atoms with Crippen LogP contribution in [0.2, 0.25) is 0 Å². The largest absolute Gasteiger partial charge is 0.323 e. The van der Waals surface area contributed by atoms with Gasteiger partial charge in [0.2, 0.25) is 5.91 Å². The van der Waals surface area contributed by atoms with E-state index in [1.807, 2.05) is 24.3 Å². The highest BCUT2D eigenvalue weighted by Gasteiger charge is 2.16. The molecule has 2 rings (SSSR count). The van der Waals surface area contributed by atoms with Crippen LogP contribution < -0.4 is 5.32 Å². The van der Waals surface area contributed by atoms with Gasteiger partial charge in [-0.15, -0.1) is 0 Å². The summed E-state index contributed by atoms with van der Waals surface area (Å²) in [5, 5.41) is 2.56. The van der Waals surface area contributed by atoms with Crippen molar-refractivity contribution >= 4 is 27.5 Å². The zero-order chi connectivity index (χ0) is 13.8. The molecule has 1 amide bonds. The lowest BCUT2D eigenvalue weighted by atomic mass is 10.0. The standard InChI is InChI=1S/C14H12BrFN2O/c1-9(10-2-4-11(15)5-3-10)14(19)18-13-6-7-17-8-12(13)16/h2-9H,1H3,(H,17,18,19)/t9-/m0/s1. The van der Waals surface area contributed by atoms with E-state index >= 15 is 0 Å². The van der Waals surface area contributed by atoms with Gasteiger partial charge < -0.3 is 5.32 Å². The lowest BCUT2D eigenvalue weighted by Crippen LogP contribution is -2.19. The first-order valence-corrected chi connectivity index (χ1v) is 6.53. The molecular formula is C14H12BrFN2O. The molecule has 0 radical (unpaired) electrons. The van der Waals surface area contributed by atoms with Crippen LogP contribution in [-0.4, -0.2) is 10.9 Å². The van der Waals surface area contributed by atoms with Crippen LogP contribution in [0.3, 0.4) is 0 Å². The molecule has 0 saturated heterocycles. The Morgan fingerprint density at radius 2 is 2.00 bits per heavy atom. The molecule has 2 aromatic rings. The summed E-state index contributed by atoms with van der Waals surface area (Å²) in [7, 11) is 0. The number of pyridine rings is 1. The zero-order valence-electron chi connectivity index (χ0n) is 10.2. The van der Waals surface area contributed by atoms with Gasteiger partial charge in [-0.2, -0.15) is 0 Å². The second-order valence-corrected chi connectivity index (χ2v) is 5.03. The fourth-order valence-corrected chi connectivity index (χ4v) is 1.88. The summed E-state index contributed by atoms with van der Waals surface area (Å²) in [4.78, 5) is 15.7. The monoisotopic (exact) mass is 322 g/mol. The number of carbonyl (C=O) groups excluding carboxylic acids is 1. The molecule has 1 heterocycles. The molecule has 1 atom stereocenters. The van der Waals surface area contributed by atoms with Crippen molar-refractivity contribution in [3.63, 3.8) is 0 Å². The van der Waals surface area contributed by atoms with Crippen molar-refractivity contribution in [2.24, 2.45) is 0 Å². The molecule has 0 aliphatic carbocycles. The molecule has 0 fully saturated rings. The Morgan fingerprint density at radius 1 is 1.32 bits per heavy atom. The Balaban J connectivity index is 2.12. The second-order valence-electron chi connectivity index (χ2n) is 4.12. The maximum Gasteiger partial charge on any atom is 0.231 e. The number of amides is 1. The molecule has 0 saturated carbocycles. The predicted molar refractivity (Wildman–Crippen MR) is 75.4 cm³/mol. The van der Waals surface area contributed by atoms with Crippen LogP contribution >= 0.6 is 15.9 Å². The van der Waals surface area contributed by atoms with Gasteiger partial charge in [0.25, 0.3) is 0 Å². The summed E-state index contributed by atoms with van der Waals surface area (Å²) in [5.74, 6) is -1.16. The highest BCUT2D eigenvalue weighted by Crippen LogP contribution is 2.21. The van der Waals surface area contributed by atoms with Gasteiger partial charge in [-0.1, -0.05) is 28.1 Å². The number of rotatable bonds is 3. The number of halogens is 2. The Morgan fingerprint density at radius 3 is 2.63 bits per heavy atom. The molecule has 0 aliphatic heterocycles. The number of hydrogen-bond acceptors (Lipinski definition) is 2. The normalized spacial score (nSPS) is 11.9. The van der Waals surface area contributed by atoms with Gasteiger partial charge in [0.1, 0.15) is 0 Å². The molecule has 5 heteroatoms. The zero-order valence-corrected chi connectivity index (χ0v) is 11.8. The number of benzene rings is 1. The maximum atomic E-state index is 13.4. The molecule has 98 valence electrons. The van der Waals surface area contributed by atoms with Crippen molar-refractivity contribution in [3.05, 3.63) is 58.6 Å². The van der Waals surface area contributed by atoms with E-state index in [-0.39, 0.29) is 17.5 Å². The Bertz CT molecular complexity index is 586. The van der Waals surface area contributed by atoms with Gasteiger partial charge in [-0.25, -0.2) is 4.39 Å². The fraction of sp³-hybridized carbons (Fsp3) is 0.143. The third-order valence-corrected chi connectivity index (χ3v) is 3.32. The van der Waals surface area contributed by atoms with Crippen molar-refractivity contribution < 1.29 is 9.18 Å². The first kappa shape index (κ1) is 13.7. The summed E-state index contributed by atoms with van der Waals surface area (Å²) in [6, 6.07) is 8.88. The van der Waals surface area contributed by atoms with Crippen LogP contribution in [0.4, 0.5) is 10.1 Å². The number of nitrogens with one attached hydrogen (secondary N) is 1. The van der Waals surface area contributed by atoms with Crippen molar-refractivity contribution in [3.8, 4) is 0 Å². The van der Waals surface area contributed by atoms with Gasteiger partial charge in [0.05, 0.1) is 17.8 Å². The maximum absolute atomic E-state index is 13.4. The van der Waals surface area contributed by atoms with Gasteiger partial charge in [-0.3, -0.25) is 9.78 Å². The van der Waals surface area contributed by atoms with E-state index in [0.29, 0.717) is 0 Å². The van der Waals surface area contributed by atoms with Gasteiger partial charge in [0, 0.05) is 10.7 Å². The molecule has 1 aromatic heterocycles. The molecule has 0 bridgehead atoms. The minimum absolute atomic E-state index is 0.143. The van der Waals surface area contributed by atoms with E-state index in [1.165, 1.54) is 12.3 Å². The number of aromatic nitrogens is 1. The van der Waals surface area contributed by atoms with Crippen LogP contribution in [0.25, 0.3) is 0 Å². The molecule has 1 N–H and O–H groups in total. The number of nitrogens with zero attached hydrogens (tertiary/aromatic N) is 1. The first-order valence-electron chi connectivity index (χ1n) is 5.74. The van der Waals surface area contributed by atoms with E-state index in [1.54, 1.807) is 6.92 Å². The van der Waals surface area contributed by atoms with E-state index in [4.69, 9.17) is 0 Å². The number of hydrogen-bond donors (Lipinski definition) is 1. The molecule has 19 heavy (non-hydrogen) atoms. The van der Waals surface area contributed by atoms with Crippen LogP contribution in [0.1, 0.15) is 18.4 Å². The summed E-state index contributed by atoms with van der Waals surface area (Å²) >= 11 is 3.34. The lowest BCUT2D eigenvalue weighted by molar-refractivity contribution is -0.117. The molecule has 0 aliphatic rings. The van der Waals surface area contributed by atoms with Crippen molar-refractivity contribution in [2.45, 2.75) is 12.8 Å². The van der Waals surface area contributed by atoms with E-state index < -0.39 is 5.82 Å². The van der Waals surface area contributed by atoms with Crippen molar-refractivity contribution in [2.75, 3.05) is 5.32 Å². The first-order chi connectivity index (χ1) is 9.08. The van der Waals surface area contributed by atoms with Crippen molar-refractivity contribution in [1.82, 2.24) is 4.98 Å². The fourth-order valence-electron chi connectivity index (χ4n) is 1.62. The van der Waals surface area contributed by atoms with Crippen LogP contribution in [0, 0.1) is 5.82 Å². The average Bonchev–Trinajstić information content (AvgIpc) is 2.41. The van der Waals surface area contributed by atoms with E-state index in [0.717, 1.165) is 16.2 Å². The quantitative estimate of drug-likeness (QED) is 0.935.